The molecule has 1 aliphatic heterocycles. The minimum absolute atomic E-state index is 0.356. The minimum atomic E-state index is -0.448. The second kappa shape index (κ2) is 8.90. The van der Waals surface area contributed by atoms with Crippen LogP contribution in [0, 0.1) is 5.92 Å². The van der Waals surface area contributed by atoms with Gasteiger partial charge in [0, 0.05) is 11.6 Å². The van der Waals surface area contributed by atoms with Gasteiger partial charge in [0.1, 0.15) is 0 Å². The first-order valence-electron chi connectivity index (χ1n) is 7.03. The second-order valence-corrected chi connectivity index (χ2v) is 6.77. The molecule has 1 aliphatic rings. The first-order chi connectivity index (χ1) is 9.74. The van der Waals surface area contributed by atoms with Gasteiger partial charge < -0.3 is 15.2 Å². The fourth-order valence-electron chi connectivity index (χ4n) is 2.15. The minimum Gasteiger partial charge on any atom is -0.389 e. The second-order valence-electron chi connectivity index (χ2n) is 5.18. The predicted molar refractivity (Wildman–Crippen MR) is 85.4 cm³/mol. The normalized spacial score (nSPS) is 20.2. The van der Waals surface area contributed by atoms with Crippen LogP contribution in [0.4, 0.5) is 0 Å². The molecule has 20 heavy (non-hydrogen) atoms. The first kappa shape index (κ1) is 16.1. The Morgan fingerprint density at radius 3 is 2.90 bits per heavy atom. The zero-order chi connectivity index (χ0) is 14.2. The van der Waals surface area contributed by atoms with Gasteiger partial charge in [-0.25, -0.2) is 0 Å². The average molecular weight is 316 g/mol. The highest BCUT2D eigenvalue weighted by molar-refractivity contribution is 7.99. The molecule has 0 radical (unpaired) electrons. The SMILES string of the molecule is OC(CNCC1CCSC1)COCc1ccc(Cl)cc1. The Morgan fingerprint density at radius 2 is 2.20 bits per heavy atom. The van der Waals surface area contributed by atoms with Gasteiger partial charge in [0.25, 0.3) is 0 Å². The standard InChI is InChI=1S/C15H22ClNO2S/c16-14-3-1-12(2-4-14)9-19-10-15(18)8-17-7-13-5-6-20-11-13/h1-4,13,15,17-18H,5-11H2. The molecule has 2 N–H and O–H groups in total. The van der Waals surface area contributed by atoms with Crippen LogP contribution in [0.3, 0.4) is 0 Å². The molecule has 112 valence electrons. The number of hydrogen-bond acceptors (Lipinski definition) is 4. The molecule has 1 aromatic carbocycles. The Balaban J connectivity index is 1.53. The van der Waals surface area contributed by atoms with Crippen LogP contribution >= 0.6 is 23.4 Å². The quantitative estimate of drug-likeness (QED) is 0.773. The largest absolute Gasteiger partial charge is 0.389 e. The van der Waals surface area contributed by atoms with Gasteiger partial charge in [-0.2, -0.15) is 11.8 Å². The molecule has 2 unspecified atom stereocenters. The summed E-state index contributed by atoms with van der Waals surface area (Å²) in [6.07, 6.45) is 0.845. The van der Waals surface area contributed by atoms with Crippen LogP contribution in [0.2, 0.25) is 5.02 Å². The summed E-state index contributed by atoms with van der Waals surface area (Å²) in [6.45, 7) is 2.46. The van der Waals surface area contributed by atoms with Crippen LogP contribution in [0.15, 0.2) is 24.3 Å². The molecule has 1 heterocycles. The molecule has 1 fully saturated rings. The van der Waals surface area contributed by atoms with Crippen LogP contribution in [-0.2, 0) is 11.3 Å². The number of nitrogens with one attached hydrogen (secondary N) is 1. The van der Waals surface area contributed by atoms with E-state index in [1.807, 2.05) is 36.0 Å². The van der Waals surface area contributed by atoms with Crippen molar-refractivity contribution in [3.05, 3.63) is 34.9 Å². The Kier molecular flexibility index (Phi) is 7.17. The third-order valence-electron chi connectivity index (χ3n) is 3.33. The predicted octanol–water partition coefficient (Wildman–Crippen LogP) is 2.56. The van der Waals surface area contributed by atoms with Crippen LogP contribution in [-0.4, -0.2) is 42.4 Å². The summed E-state index contributed by atoms with van der Waals surface area (Å²) in [5.74, 6) is 3.29. The summed E-state index contributed by atoms with van der Waals surface area (Å²) in [5, 5.41) is 13.9. The zero-order valence-corrected chi connectivity index (χ0v) is 13.1. The molecule has 5 heteroatoms. The fourth-order valence-corrected chi connectivity index (χ4v) is 3.56. The van der Waals surface area contributed by atoms with Gasteiger partial charge in [-0.3, -0.25) is 0 Å². The van der Waals surface area contributed by atoms with Crippen LogP contribution < -0.4 is 5.32 Å². The van der Waals surface area contributed by atoms with Crippen molar-refractivity contribution in [3.63, 3.8) is 0 Å². The number of halogens is 1. The molecule has 2 rings (SSSR count). The molecule has 0 aromatic heterocycles. The third-order valence-corrected chi connectivity index (χ3v) is 4.81. The van der Waals surface area contributed by atoms with Gasteiger partial charge in [-0.15, -0.1) is 0 Å². The molecule has 0 aliphatic carbocycles. The lowest BCUT2D eigenvalue weighted by molar-refractivity contribution is 0.0286. The lowest BCUT2D eigenvalue weighted by Crippen LogP contribution is -2.33. The van der Waals surface area contributed by atoms with E-state index >= 15 is 0 Å². The highest BCUT2D eigenvalue weighted by atomic mass is 35.5. The van der Waals surface area contributed by atoms with E-state index in [0.717, 1.165) is 23.0 Å². The Hall–Kier alpha value is -0.260. The van der Waals surface area contributed by atoms with Gasteiger partial charge in [0.05, 0.1) is 19.3 Å². The van der Waals surface area contributed by atoms with E-state index in [1.54, 1.807) is 0 Å². The Morgan fingerprint density at radius 1 is 1.40 bits per heavy atom. The molecule has 0 bridgehead atoms. The van der Waals surface area contributed by atoms with E-state index in [9.17, 15) is 5.11 Å². The molecule has 3 nitrogen and oxygen atoms in total. The highest BCUT2D eigenvalue weighted by Gasteiger charge is 2.15. The monoisotopic (exact) mass is 315 g/mol. The number of hydrogen-bond donors (Lipinski definition) is 2. The summed E-state index contributed by atoms with van der Waals surface area (Å²) in [4.78, 5) is 0. The van der Waals surface area contributed by atoms with E-state index < -0.39 is 6.10 Å². The van der Waals surface area contributed by atoms with Crippen molar-refractivity contribution >= 4 is 23.4 Å². The topological polar surface area (TPSA) is 41.5 Å². The fraction of sp³-hybridized carbons (Fsp3) is 0.600. The van der Waals surface area contributed by atoms with E-state index in [2.05, 4.69) is 5.32 Å². The maximum atomic E-state index is 9.83. The molecule has 0 spiro atoms. The molecule has 2 atom stereocenters. The zero-order valence-electron chi connectivity index (χ0n) is 11.6. The van der Waals surface area contributed by atoms with Crippen LogP contribution in [0.5, 0.6) is 0 Å². The van der Waals surface area contributed by atoms with Gasteiger partial charge in [0.2, 0.25) is 0 Å². The van der Waals surface area contributed by atoms with Crippen LogP contribution in [0.1, 0.15) is 12.0 Å². The molecule has 1 aromatic rings. The molecule has 0 amide bonds. The van der Waals surface area contributed by atoms with Crippen molar-refractivity contribution in [1.82, 2.24) is 5.32 Å². The molecular weight excluding hydrogens is 294 g/mol. The summed E-state index contributed by atoms with van der Waals surface area (Å²) in [5.41, 5.74) is 1.07. The maximum Gasteiger partial charge on any atom is 0.0897 e. The number of aliphatic hydroxyl groups excluding tert-OH is 1. The van der Waals surface area contributed by atoms with Crippen molar-refractivity contribution in [2.45, 2.75) is 19.1 Å². The third kappa shape index (κ3) is 6.02. The number of rotatable bonds is 8. The number of ether oxygens (including phenoxy) is 1. The van der Waals surface area contributed by atoms with E-state index in [0.29, 0.717) is 19.8 Å². The van der Waals surface area contributed by atoms with Crippen molar-refractivity contribution in [1.29, 1.82) is 0 Å². The van der Waals surface area contributed by atoms with Crippen molar-refractivity contribution < 1.29 is 9.84 Å². The summed E-state index contributed by atoms with van der Waals surface area (Å²) < 4.78 is 5.51. The molecular formula is C15H22ClNO2S. The van der Waals surface area contributed by atoms with E-state index in [-0.39, 0.29) is 0 Å². The number of aliphatic hydroxyl groups is 1. The molecule has 0 saturated carbocycles. The summed E-state index contributed by atoms with van der Waals surface area (Å²) in [7, 11) is 0. The van der Waals surface area contributed by atoms with Crippen molar-refractivity contribution in [2.75, 3.05) is 31.2 Å². The van der Waals surface area contributed by atoms with Gasteiger partial charge in [-0.05, 0) is 48.1 Å². The van der Waals surface area contributed by atoms with Gasteiger partial charge in [0.15, 0.2) is 0 Å². The lowest BCUT2D eigenvalue weighted by atomic mass is 10.1. The summed E-state index contributed by atoms with van der Waals surface area (Å²) in [6, 6.07) is 7.56. The van der Waals surface area contributed by atoms with Crippen molar-refractivity contribution in [2.24, 2.45) is 5.92 Å². The van der Waals surface area contributed by atoms with E-state index in [4.69, 9.17) is 16.3 Å². The summed E-state index contributed by atoms with van der Waals surface area (Å²) >= 11 is 7.83. The Bertz CT molecular complexity index is 382. The Labute approximate surface area is 130 Å². The van der Waals surface area contributed by atoms with E-state index in [1.165, 1.54) is 17.9 Å². The van der Waals surface area contributed by atoms with Gasteiger partial charge in [-0.1, -0.05) is 23.7 Å². The van der Waals surface area contributed by atoms with Crippen LogP contribution in [0.25, 0.3) is 0 Å². The van der Waals surface area contributed by atoms with Gasteiger partial charge >= 0.3 is 0 Å². The maximum absolute atomic E-state index is 9.83. The smallest absolute Gasteiger partial charge is 0.0897 e. The average Bonchev–Trinajstić information content (AvgIpc) is 2.94. The lowest BCUT2D eigenvalue weighted by Gasteiger charge is -2.14. The number of benzene rings is 1. The highest BCUT2D eigenvalue weighted by Crippen LogP contribution is 2.22. The number of thioether (sulfide) groups is 1. The molecule has 1 saturated heterocycles. The van der Waals surface area contributed by atoms with Crippen molar-refractivity contribution in [3.8, 4) is 0 Å². The first-order valence-corrected chi connectivity index (χ1v) is 8.56.